The van der Waals surface area contributed by atoms with E-state index in [1.807, 2.05) is 4.74 Å². The molecule has 22 heteroatoms. The standard InChI is InChI=1S/C16H8F17NO4/c1-36-7-5-3-2-4-6(7)34-8(35)9(17,12(21,22)23)37-16(32,33)11(20,14(27,28)29)38-15(30,31)10(18,19)13(24,25)26/h2-5H,1H3,(H,34,35)/t9-,11-/m0/s1. The first-order chi connectivity index (χ1) is 16.6. The lowest BCUT2D eigenvalue weighted by molar-refractivity contribution is -0.548. The smallest absolute Gasteiger partial charge is 0.462 e. The number of carbonyl (C=O) groups is 1. The zero-order valence-electron chi connectivity index (χ0n) is 17.4. The van der Waals surface area contributed by atoms with Gasteiger partial charge in [-0.3, -0.25) is 14.3 Å². The van der Waals surface area contributed by atoms with Crippen molar-refractivity contribution in [3.63, 3.8) is 0 Å². The molecule has 2 atom stereocenters. The monoisotopic (exact) mass is 601 g/mol. The van der Waals surface area contributed by atoms with Gasteiger partial charge in [-0.1, -0.05) is 12.1 Å². The van der Waals surface area contributed by atoms with Crippen molar-refractivity contribution in [2.75, 3.05) is 12.4 Å². The Morgan fingerprint density at radius 2 is 1.13 bits per heavy atom. The molecule has 0 aliphatic carbocycles. The van der Waals surface area contributed by atoms with Gasteiger partial charge in [-0.25, -0.2) is 0 Å². The van der Waals surface area contributed by atoms with Crippen LogP contribution in [0.1, 0.15) is 0 Å². The van der Waals surface area contributed by atoms with E-state index in [9.17, 15) is 79.4 Å². The summed E-state index contributed by atoms with van der Waals surface area (Å²) in [6.45, 7) is 0. The van der Waals surface area contributed by atoms with E-state index in [1.165, 1.54) is 4.74 Å². The van der Waals surface area contributed by atoms with Crippen molar-refractivity contribution < 1.29 is 93.6 Å². The molecule has 0 spiro atoms. The van der Waals surface area contributed by atoms with Gasteiger partial charge >= 0.3 is 48.4 Å². The number of amides is 1. The molecule has 0 aromatic heterocycles. The normalized spacial score (nSPS) is 17.4. The Labute approximate surface area is 197 Å². The predicted molar refractivity (Wildman–Crippen MR) is 84.5 cm³/mol. The molecule has 1 aromatic carbocycles. The van der Waals surface area contributed by atoms with E-state index in [0.29, 0.717) is 6.07 Å². The third-order valence-electron chi connectivity index (χ3n) is 4.01. The highest BCUT2D eigenvalue weighted by Crippen LogP contribution is 2.56. The van der Waals surface area contributed by atoms with Gasteiger partial charge in [0.05, 0.1) is 12.8 Å². The molecule has 1 amide bonds. The maximum Gasteiger partial charge on any atom is 0.462 e. The Bertz CT molecular complexity index is 1000. The number of para-hydroxylation sites is 2. The molecule has 0 radical (unpaired) electrons. The Morgan fingerprint density at radius 3 is 1.53 bits per heavy atom. The molecule has 0 fully saturated rings. The van der Waals surface area contributed by atoms with Crippen LogP contribution in [0.5, 0.6) is 5.75 Å². The summed E-state index contributed by atoms with van der Waals surface area (Å²) >= 11 is 0. The van der Waals surface area contributed by atoms with Crippen molar-refractivity contribution in [2.24, 2.45) is 0 Å². The second kappa shape index (κ2) is 9.75. The van der Waals surface area contributed by atoms with Gasteiger partial charge in [-0.05, 0) is 12.1 Å². The topological polar surface area (TPSA) is 56.8 Å². The van der Waals surface area contributed by atoms with Crippen LogP contribution in [0.15, 0.2) is 24.3 Å². The lowest BCUT2D eigenvalue weighted by Gasteiger charge is -2.40. The van der Waals surface area contributed by atoms with Crippen molar-refractivity contribution in [1.82, 2.24) is 0 Å². The Hall–Kier alpha value is -2.78. The zero-order valence-corrected chi connectivity index (χ0v) is 17.4. The Kier molecular flexibility index (Phi) is 8.54. The first-order valence-electron chi connectivity index (χ1n) is 8.67. The molecule has 0 heterocycles. The van der Waals surface area contributed by atoms with Gasteiger partial charge in [-0.2, -0.15) is 74.6 Å². The number of hydrogen-bond acceptors (Lipinski definition) is 4. The van der Waals surface area contributed by atoms with Crippen LogP contribution in [-0.4, -0.2) is 61.4 Å². The number of hydrogen-bond donors (Lipinski definition) is 1. The summed E-state index contributed by atoms with van der Waals surface area (Å²) in [7, 11) is 0.775. The van der Waals surface area contributed by atoms with E-state index in [2.05, 4.69) is 4.74 Å². The van der Waals surface area contributed by atoms with Gasteiger partial charge in [0.25, 0.3) is 5.91 Å². The SMILES string of the molecule is COc1ccccc1NC(=O)[C@](F)(OC(F)(F)[C@@](F)(OC(F)(F)C(F)(F)C(F)(F)F)C(F)(F)F)C(F)(F)F. The molecule has 1 aromatic rings. The number of ether oxygens (including phenoxy) is 3. The van der Waals surface area contributed by atoms with Crippen molar-refractivity contribution >= 4 is 11.6 Å². The minimum absolute atomic E-state index is 0.573. The fourth-order valence-corrected chi connectivity index (χ4v) is 2.11. The molecule has 0 saturated heterocycles. The predicted octanol–water partition coefficient (Wildman–Crippen LogP) is 6.51. The summed E-state index contributed by atoms with van der Waals surface area (Å²) in [5, 5.41) is 0.835. The minimum atomic E-state index is -8.08. The maximum absolute atomic E-state index is 14.5. The molecule has 1 N–H and O–H groups in total. The zero-order chi connectivity index (χ0) is 30.4. The number of anilines is 1. The van der Waals surface area contributed by atoms with Crippen LogP contribution in [0.2, 0.25) is 0 Å². The first-order valence-corrected chi connectivity index (χ1v) is 8.67. The third kappa shape index (κ3) is 5.78. The van der Waals surface area contributed by atoms with Gasteiger partial charge in [0.2, 0.25) is 0 Å². The van der Waals surface area contributed by atoms with Crippen LogP contribution in [0.3, 0.4) is 0 Å². The molecule has 0 aliphatic rings. The number of carbonyl (C=O) groups excluding carboxylic acids is 1. The molecular formula is C16H8F17NO4. The molecule has 0 aliphatic heterocycles. The fraction of sp³-hybridized carbons (Fsp3) is 0.562. The Balaban J connectivity index is 3.66. The lowest BCUT2D eigenvalue weighted by Crippen LogP contribution is -2.68. The van der Waals surface area contributed by atoms with E-state index >= 15 is 0 Å². The maximum atomic E-state index is 14.5. The number of methoxy groups -OCH3 is 1. The first kappa shape index (κ1) is 33.2. The number of alkyl halides is 17. The highest BCUT2D eigenvalue weighted by Gasteiger charge is 2.85. The van der Waals surface area contributed by atoms with Crippen LogP contribution in [0.25, 0.3) is 0 Å². The number of rotatable bonds is 9. The largest absolute Gasteiger partial charge is 0.495 e. The van der Waals surface area contributed by atoms with Crippen LogP contribution < -0.4 is 10.1 Å². The summed E-state index contributed by atoms with van der Waals surface area (Å²) in [4.78, 5) is 11.8. The van der Waals surface area contributed by atoms with Crippen LogP contribution in [0.4, 0.5) is 80.3 Å². The fourth-order valence-electron chi connectivity index (χ4n) is 2.11. The average molecular weight is 601 g/mol. The number of nitrogens with one attached hydrogen (secondary N) is 1. The molecule has 0 bridgehead atoms. The summed E-state index contributed by atoms with van der Waals surface area (Å²) in [6, 6.07) is 3.32. The van der Waals surface area contributed by atoms with Crippen LogP contribution >= 0.6 is 0 Å². The van der Waals surface area contributed by atoms with Gasteiger partial charge in [0, 0.05) is 0 Å². The van der Waals surface area contributed by atoms with Gasteiger partial charge in [-0.15, -0.1) is 0 Å². The summed E-state index contributed by atoms with van der Waals surface area (Å²) in [6.07, 6.45) is -38.7. The van der Waals surface area contributed by atoms with Crippen LogP contribution in [0, 0.1) is 0 Å². The summed E-state index contributed by atoms with van der Waals surface area (Å²) in [5.74, 6) is -27.0. The summed E-state index contributed by atoms with van der Waals surface area (Å²) in [5.41, 5.74) is -1.03. The molecule has 5 nitrogen and oxygen atoms in total. The third-order valence-corrected chi connectivity index (χ3v) is 4.01. The number of halogens is 17. The minimum Gasteiger partial charge on any atom is -0.495 e. The molecule has 0 unspecified atom stereocenters. The Morgan fingerprint density at radius 1 is 0.658 bits per heavy atom. The van der Waals surface area contributed by atoms with Crippen molar-refractivity contribution in [3.05, 3.63) is 24.3 Å². The quantitative estimate of drug-likeness (QED) is 0.329. The molecule has 38 heavy (non-hydrogen) atoms. The van der Waals surface area contributed by atoms with E-state index in [4.69, 9.17) is 0 Å². The molecule has 1 rings (SSSR count). The van der Waals surface area contributed by atoms with Gasteiger partial charge < -0.3 is 10.1 Å². The van der Waals surface area contributed by atoms with Crippen molar-refractivity contribution in [2.45, 2.75) is 48.4 Å². The highest BCUT2D eigenvalue weighted by atomic mass is 19.4. The second-order valence-electron chi connectivity index (χ2n) is 6.65. The molecule has 220 valence electrons. The van der Waals surface area contributed by atoms with Crippen LogP contribution in [-0.2, 0) is 14.3 Å². The van der Waals surface area contributed by atoms with Crippen molar-refractivity contribution in [3.8, 4) is 5.75 Å². The summed E-state index contributed by atoms with van der Waals surface area (Å²) < 4.78 is 231. The highest BCUT2D eigenvalue weighted by molar-refractivity contribution is 5.98. The van der Waals surface area contributed by atoms with Crippen molar-refractivity contribution in [1.29, 1.82) is 0 Å². The van der Waals surface area contributed by atoms with Gasteiger partial charge in [0.15, 0.2) is 0 Å². The molecular weight excluding hydrogens is 593 g/mol. The van der Waals surface area contributed by atoms with E-state index in [0.717, 1.165) is 30.6 Å². The van der Waals surface area contributed by atoms with E-state index in [-0.39, 0.29) is 0 Å². The number of benzene rings is 1. The second-order valence-corrected chi connectivity index (χ2v) is 6.65. The lowest BCUT2D eigenvalue weighted by atomic mass is 10.2. The van der Waals surface area contributed by atoms with Gasteiger partial charge in [0.1, 0.15) is 5.75 Å². The molecule has 0 saturated carbocycles. The average Bonchev–Trinajstić information content (AvgIpc) is 2.70. The van der Waals surface area contributed by atoms with E-state index < -0.39 is 65.7 Å². The van der Waals surface area contributed by atoms with E-state index in [1.54, 1.807) is 0 Å².